The van der Waals surface area contributed by atoms with Crippen molar-refractivity contribution in [1.29, 1.82) is 0 Å². The Morgan fingerprint density at radius 3 is 2.24 bits per heavy atom. The number of H-pyrrole nitrogens is 1. The lowest BCUT2D eigenvalue weighted by Crippen LogP contribution is -2.21. The number of rotatable bonds is 3. The fourth-order valence-electron chi connectivity index (χ4n) is 4.00. The zero-order valence-electron chi connectivity index (χ0n) is 15.5. The Hall–Kier alpha value is -3.86. The van der Waals surface area contributed by atoms with Crippen LogP contribution in [0.2, 0.25) is 0 Å². The van der Waals surface area contributed by atoms with Crippen molar-refractivity contribution in [3.8, 4) is 11.1 Å². The Morgan fingerprint density at radius 2 is 1.52 bits per heavy atom. The van der Waals surface area contributed by atoms with Crippen LogP contribution in [0.15, 0.2) is 83.8 Å². The number of para-hydroxylation sites is 1. The van der Waals surface area contributed by atoms with Gasteiger partial charge >= 0.3 is 6.09 Å². The van der Waals surface area contributed by atoms with E-state index in [-0.39, 0.29) is 23.6 Å². The maximum Gasteiger partial charge on any atom is 0.411 e. The number of ether oxygens (including phenoxy) is 1. The molecule has 142 valence electrons. The van der Waals surface area contributed by atoms with E-state index < -0.39 is 6.09 Å². The predicted molar refractivity (Wildman–Crippen MR) is 113 cm³/mol. The average Bonchev–Trinajstić information content (AvgIpc) is 3.08. The summed E-state index contributed by atoms with van der Waals surface area (Å²) in [7, 11) is 0. The second kappa shape index (κ2) is 6.95. The molecule has 0 unspecified atom stereocenters. The van der Waals surface area contributed by atoms with Crippen LogP contribution >= 0.6 is 0 Å². The van der Waals surface area contributed by atoms with Crippen LogP contribution < -0.4 is 10.7 Å². The van der Waals surface area contributed by atoms with E-state index >= 15 is 0 Å². The summed E-state index contributed by atoms with van der Waals surface area (Å²) in [6.45, 7) is 0.200. The van der Waals surface area contributed by atoms with E-state index in [1.165, 1.54) is 17.3 Å². The fraction of sp³-hybridized carbons (Fsp3) is 0.0833. The van der Waals surface area contributed by atoms with Crippen molar-refractivity contribution >= 4 is 22.7 Å². The predicted octanol–water partition coefficient (Wildman–Crippen LogP) is 4.89. The average molecular weight is 382 g/mol. The second-order valence-corrected chi connectivity index (χ2v) is 7.03. The molecule has 0 aliphatic heterocycles. The highest BCUT2D eigenvalue weighted by atomic mass is 16.5. The summed E-state index contributed by atoms with van der Waals surface area (Å²) in [6.07, 6.45) is 0.846. The van der Waals surface area contributed by atoms with Gasteiger partial charge in [0.25, 0.3) is 0 Å². The van der Waals surface area contributed by atoms with E-state index in [0.29, 0.717) is 5.39 Å². The van der Waals surface area contributed by atoms with Gasteiger partial charge < -0.3 is 9.72 Å². The van der Waals surface area contributed by atoms with Gasteiger partial charge in [-0.1, -0.05) is 60.7 Å². The van der Waals surface area contributed by atoms with Gasteiger partial charge in [0.05, 0.1) is 0 Å². The molecule has 1 aliphatic rings. The first kappa shape index (κ1) is 17.3. The van der Waals surface area contributed by atoms with Gasteiger partial charge in [-0.05, 0) is 34.4 Å². The smallest absolute Gasteiger partial charge is 0.411 e. The van der Waals surface area contributed by atoms with E-state index in [0.717, 1.165) is 16.6 Å². The van der Waals surface area contributed by atoms with E-state index in [4.69, 9.17) is 4.74 Å². The molecule has 1 aromatic heterocycles. The highest BCUT2D eigenvalue weighted by Crippen LogP contribution is 2.44. The number of anilines is 1. The maximum absolute atomic E-state index is 12.6. The highest BCUT2D eigenvalue weighted by Gasteiger charge is 2.29. The molecule has 1 amide bonds. The van der Waals surface area contributed by atoms with Gasteiger partial charge in [-0.3, -0.25) is 10.1 Å². The first-order chi connectivity index (χ1) is 14.2. The minimum Gasteiger partial charge on any atom is -0.448 e. The molecular formula is C24H18N2O3. The Morgan fingerprint density at radius 1 is 0.897 bits per heavy atom. The lowest BCUT2D eigenvalue weighted by Gasteiger charge is -2.14. The number of carbonyl (C=O) groups is 1. The molecule has 0 bridgehead atoms. The minimum absolute atomic E-state index is 0.0250. The summed E-state index contributed by atoms with van der Waals surface area (Å²) in [5.41, 5.74) is 5.27. The van der Waals surface area contributed by atoms with Gasteiger partial charge in [-0.2, -0.15) is 0 Å². The molecular weight excluding hydrogens is 364 g/mol. The zero-order valence-corrected chi connectivity index (χ0v) is 15.5. The lowest BCUT2D eigenvalue weighted by molar-refractivity contribution is 0.158. The molecule has 3 aromatic carbocycles. The van der Waals surface area contributed by atoms with Gasteiger partial charge in [0.1, 0.15) is 12.3 Å². The summed E-state index contributed by atoms with van der Waals surface area (Å²) in [6, 6.07) is 23.5. The Bertz CT molecular complexity index is 1250. The lowest BCUT2D eigenvalue weighted by atomic mass is 9.98. The molecule has 0 saturated heterocycles. The van der Waals surface area contributed by atoms with Gasteiger partial charge in [-0.15, -0.1) is 0 Å². The quantitative estimate of drug-likeness (QED) is 0.530. The molecule has 29 heavy (non-hydrogen) atoms. The molecule has 0 atom stereocenters. The van der Waals surface area contributed by atoms with E-state index in [2.05, 4.69) is 34.6 Å². The molecule has 5 rings (SSSR count). The van der Waals surface area contributed by atoms with Crippen LogP contribution in [-0.4, -0.2) is 17.7 Å². The van der Waals surface area contributed by atoms with Crippen molar-refractivity contribution in [3.63, 3.8) is 0 Å². The van der Waals surface area contributed by atoms with Crippen LogP contribution in [0, 0.1) is 0 Å². The van der Waals surface area contributed by atoms with Gasteiger partial charge in [0.2, 0.25) is 5.43 Å². The minimum atomic E-state index is -0.646. The summed E-state index contributed by atoms with van der Waals surface area (Å²) in [5.74, 6) is -0.0250. The van der Waals surface area contributed by atoms with Crippen LogP contribution in [0.5, 0.6) is 0 Å². The molecule has 4 aromatic rings. The van der Waals surface area contributed by atoms with E-state index in [1.54, 1.807) is 12.1 Å². The molecule has 5 nitrogen and oxygen atoms in total. The number of pyridine rings is 1. The largest absolute Gasteiger partial charge is 0.448 e. The molecule has 0 spiro atoms. The Labute approximate surface area is 167 Å². The van der Waals surface area contributed by atoms with Crippen LogP contribution in [-0.2, 0) is 4.74 Å². The number of nitrogens with one attached hydrogen (secondary N) is 2. The third-order valence-corrected chi connectivity index (χ3v) is 5.37. The number of hydrogen-bond donors (Lipinski definition) is 2. The first-order valence-corrected chi connectivity index (χ1v) is 9.45. The second-order valence-electron chi connectivity index (χ2n) is 7.03. The summed E-state index contributed by atoms with van der Waals surface area (Å²) in [5, 5.41) is 3.09. The van der Waals surface area contributed by atoms with Gasteiger partial charge in [0, 0.05) is 23.0 Å². The van der Waals surface area contributed by atoms with Gasteiger partial charge in [-0.25, -0.2) is 4.79 Å². The number of amides is 1. The van der Waals surface area contributed by atoms with Crippen molar-refractivity contribution in [1.82, 2.24) is 4.98 Å². The number of hydrogen-bond acceptors (Lipinski definition) is 3. The third-order valence-electron chi connectivity index (χ3n) is 5.37. The number of benzene rings is 3. The topological polar surface area (TPSA) is 71.2 Å². The first-order valence-electron chi connectivity index (χ1n) is 9.45. The standard InChI is InChI=1S/C24H18N2O3/c27-23-19-11-5-6-12-21(19)25-13-22(23)26-24(28)29-14-20-17-9-3-1-7-15(17)16-8-2-4-10-18(16)20/h1-13,20H,14H2,(H,25,27)(H,26,28). The Kier molecular flexibility index (Phi) is 4.13. The maximum atomic E-state index is 12.6. The normalized spacial score (nSPS) is 12.4. The number of fused-ring (bicyclic) bond motifs is 4. The summed E-state index contributed by atoms with van der Waals surface area (Å²) in [4.78, 5) is 28.0. The van der Waals surface area contributed by atoms with Crippen molar-refractivity contribution in [3.05, 3.63) is 100 Å². The van der Waals surface area contributed by atoms with Crippen molar-refractivity contribution in [2.24, 2.45) is 0 Å². The summed E-state index contributed by atoms with van der Waals surface area (Å²) >= 11 is 0. The highest BCUT2D eigenvalue weighted by molar-refractivity contribution is 5.89. The van der Waals surface area contributed by atoms with E-state index in [9.17, 15) is 9.59 Å². The molecule has 5 heteroatoms. The van der Waals surface area contributed by atoms with Crippen LogP contribution in [0.25, 0.3) is 22.0 Å². The van der Waals surface area contributed by atoms with Gasteiger partial charge in [0.15, 0.2) is 0 Å². The number of aromatic nitrogens is 1. The van der Waals surface area contributed by atoms with Crippen molar-refractivity contribution in [2.45, 2.75) is 5.92 Å². The molecule has 1 aliphatic carbocycles. The number of aromatic amines is 1. The van der Waals surface area contributed by atoms with Crippen LogP contribution in [0.1, 0.15) is 17.0 Å². The SMILES string of the molecule is O=C(Nc1c[nH]c2ccccc2c1=O)OCC1c2ccccc2-c2ccccc21. The molecule has 0 saturated carbocycles. The molecule has 0 fully saturated rings. The Balaban J connectivity index is 1.35. The van der Waals surface area contributed by atoms with Crippen molar-refractivity contribution < 1.29 is 9.53 Å². The van der Waals surface area contributed by atoms with Crippen LogP contribution in [0.3, 0.4) is 0 Å². The third kappa shape index (κ3) is 2.97. The van der Waals surface area contributed by atoms with Crippen LogP contribution in [0.4, 0.5) is 10.5 Å². The fourth-order valence-corrected chi connectivity index (χ4v) is 4.00. The molecule has 2 N–H and O–H groups in total. The van der Waals surface area contributed by atoms with Crippen molar-refractivity contribution in [2.75, 3.05) is 11.9 Å². The number of carbonyl (C=O) groups excluding carboxylic acids is 1. The zero-order chi connectivity index (χ0) is 19.8. The molecule has 0 radical (unpaired) electrons. The monoisotopic (exact) mass is 382 g/mol. The molecule has 1 heterocycles. The summed E-state index contributed by atoms with van der Waals surface area (Å²) < 4.78 is 5.51. The van der Waals surface area contributed by atoms with E-state index in [1.807, 2.05) is 36.4 Å².